The van der Waals surface area contributed by atoms with Crippen molar-refractivity contribution in [1.82, 2.24) is 4.98 Å². The number of hydrogen-bond donors (Lipinski definition) is 1. The summed E-state index contributed by atoms with van der Waals surface area (Å²) in [7, 11) is 0. The molecule has 1 aromatic carbocycles. The average molecular weight is 212 g/mol. The molecule has 0 fully saturated rings. The normalized spacial score (nSPS) is 14.1. The summed E-state index contributed by atoms with van der Waals surface area (Å²) in [6.07, 6.45) is 3.97. The van der Waals surface area contributed by atoms with Crippen LogP contribution < -0.4 is 5.73 Å². The van der Waals surface area contributed by atoms with Crippen molar-refractivity contribution in [3.05, 3.63) is 47.7 Å². The van der Waals surface area contributed by atoms with E-state index < -0.39 is 0 Å². The molecule has 0 saturated heterocycles. The second kappa shape index (κ2) is 4.45. The van der Waals surface area contributed by atoms with Crippen LogP contribution in [0.25, 0.3) is 17.0 Å². The molecule has 2 N–H and O–H groups in total. The minimum atomic E-state index is 0.0897. The number of nitrogens with two attached hydrogens (primary N) is 1. The predicted octanol–water partition coefficient (Wildman–Crippen LogP) is 2.99. The maximum absolute atomic E-state index is 5.84. The number of rotatable bonds is 2. The topological polar surface area (TPSA) is 38.9 Å². The molecule has 2 rings (SSSR count). The zero-order valence-electron chi connectivity index (χ0n) is 9.64. The monoisotopic (exact) mass is 212 g/mol. The van der Waals surface area contributed by atoms with Crippen molar-refractivity contribution in [3.8, 4) is 0 Å². The fourth-order valence-corrected chi connectivity index (χ4v) is 1.62. The van der Waals surface area contributed by atoms with Crippen LogP contribution in [-0.2, 0) is 0 Å². The zero-order chi connectivity index (χ0) is 11.5. The third kappa shape index (κ3) is 2.12. The Morgan fingerprint density at radius 1 is 1.31 bits per heavy atom. The van der Waals surface area contributed by atoms with Crippen LogP contribution in [0.4, 0.5) is 0 Å². The Kier molecular flexibility index (Phi) is 3.02. The number of para-hydroxylation sites is 1. The molecule has 2 aromatic rings. The highest BCUT2D eigenvalue weighted by Crippen LogP contribution is 2.19. The number of benzene rings is 1. The van der Waals surface area contributed by atoms with Crippen LogP contribution in [0.1, 0.15) is 19.4 Å². The lowest BCUT2D eigenvalue weighted by atomic mass is 10.0. The molecule has 2 heteroatoms. The number of hydrogen-bond acceptors (Lipinski definition) is 2. The molecule has 0 aliphatic rings. The van der Waals surface area contributed by atoms with Gasteiger partial charge in [0.15, 0.2) is 0 Å². The average Bonchev–Trinajstić information content (AvgIpc) is 2.29. The van der Waals surface area contributed by atoms with E-state index >= 15 is 0 Å². The Balaban J connectivity index is 2.57. The molecule has 0 aliphatic heterocycles. The van der Waals surface area contributed by atoms with Gasteiger partial charge in [-0.3, -0.25) is 4.98 Å². The lowest BCUT2D eigenvalue weighted by molar-refractivity contribution is 0.868. The third-order valence-electron chi connectivity index (χ3n) is 2.78. The molecule has 82 valence electrons. The molecule has 0 amide bonds. The van der Waals surface area contributed by atoms with Crippen LogP contribution in [0, 0.1) is 0 Å². The van der Waals surface area contributed by atoms with Crippen molar-refractivity contribution in [1.29, 1.82) is 0 Å². The standard InChI is InChI=1S/C14H16N2/c1-10(11(2)15)9-12-7-8-16-14-6-4-3-5-13(12)14/h3-9,11H,15H2,1-2H3/b10-9+. The number of fused-ring (bicyclic) bond motifs is 1. The van der Waals surface area contributed by atoms with E-state index in [0.717, 1.165) is 5.52 Å². The van der Waals surface area contributed by atoms with E-state index in [2.05, 4.69) is 24.1 Å². The van der Waals surface area contributed by atoms with Crippen LogP contribution in [0.2, 0.25) is 0 Å². The molecule has 0 radical (unpaired) electrons. The van der Waals surface area contributed by atoms with Gasteiger partial charge in [0.25, 0.3) is 0 Å². The summed E-state index contributed by atoms with van der Waals surface area (Å²) in [4.78, 5) is 4.33. The molecule has 0 saturated carbocycles. The lowest BCUT2D eigenvalue weighted by Crippen LogP contribution is -2.15. The van der Waals surface area contributed by atoms with Crippen LogP contribution in [0.15, 0.2) is 42.1 Å². The summed E-state index contributed by atoms with van der Waals surface area (Å²) < 4.78 is 0. The second-order valence-corrected chi connectivity index (χ2v) is 4.09. The molecule has 1 atom stereocenters. The fourth-order valence-electron chi connectivity index (χ4n) is 1.62. The van der Waals surface area contributed by atoms with Crippen molar-refractivity contribution in [2.45, 2.75) is 19.9 Å². The van der Waals surface area contributed by atoms with Crippen LogP contribution in [0.5, 0.6) is 0 Å². The fraction of sp³-hybridized carbons (Fsp3) is 0.214. The first-order chi connectivity index (χ1) is 7.68. The Bertz CT molecular complexity index is 522. The maximum atomic E-state index is 5.84. The summed E-state index contributed by atoms with van der Waals surface area (Å²) in [6.45, 7) is 4.05. The van der Waals surface area contributed by atoms with E-state index in [-0.39, 0.29) is 6.04 Å². The molecule has 16 heavy (non-hydrogen) atoms. The van der Waals surface area contributed by atoms with Gasteiger partial charge in [-0.2, -0.15) is 0 Å². The molecule has 2 nitrogen and oxygen atoms in total. The van der Waals surface area contributed by atoms with Crippen molar-refractivity contribution in [2.75, 3.05) is 0 Å². The quantitative estimate of drug-likeness (QED) is 0.831. The van der Waals surface area contributed by atoms with E-state index in [4.69, 9.17) is 5.73 Å². The minimum absolute atomic E-state index is 0.0897. The Hall–Kier alpha value is -1.67. The molecule has 0 bridgehead atoms. The van der Waals surface area contributed by atoms with Crippen molar-refractivity contribution < 1.29 is 0 Å². The van der Waals surface area contributed by atoms with Gasteiger partial charge in [-0.1, -0.05) is 29.8 Å². The van der Waals surface area contributed by atoms with Gasteiger partial charge >= 0.3 is 0 Å². The van der Waals surface area contributed by atoms with Gasteiger partial charge in [0, 0.05) is 17.6 Å². The van der Waals surface area contributed by atoms with Crippen LogP contribution in [0.3, 0.4) is 0 Å². The Morgan fingerprint density at radius 3 is 2.81 bits per heavy atom. The highest BCUT2D eigenvalue weighted by Gasteiger charge is 2.01. The smallest absolute Gasteiger partial charge is 0.0707 e. The van der Waals surface area contributed by atoms with Crippen molar-refractivity contribution in [2.24, 2.45) is 5.73 Å². The summed E-state index contributed by atoms with van der Waals surface area (Å²) in [5, 5.41) is 1.17. The van der Waals surface area contributed by atoms with E-state index in [1.807, 2.05) is 37.4 Å². The zero-order valence-corrected chi connectivity index (χ0v) is 9.64. The summed E-state index contributed by atoms with van der Waals surface area (Å²) in [5.41, 5.74) is 9.22. The molecule has 0 spiro atoms. The molecule has 1 aromatic heterocycles. The Labute approximate surface area is 95.8 Å². The molecule has 1 heterocycles. The van der Waals surface area contributed by atoms with E-state index in [0.29, 0.717) is 0 Å². The van der Waals surface area contributed by atoms with Gasteiger partial charge in [0.2, 0.25) is 0 Å². The number of aromatic nitrogens is 1. The lowest BCUT2D eigenvalue weighted by Gasteiger charge is -2.07. The van der Waals surface area contributed by atoms with Gasteiger partial charge < -0.3 is 5.73 Å². The SMILES string of the molecule is C/C(=C\c1ccnc2ccccc12)C(C)N. The first-order valence-electron chi connectivity index (χ1n) is 5.46. The molecule has 1 unspecified atom stereocenters. The Morgan fingerprint density at radius 2 is 2.06 bits per heavy atom. The van der Waals surface area contributed by atoms with E-state index in [1.54, 1.807) is 0 Å². The first-order valence-corrected chi connectivity index (χ1v) is 5.46. The van der Waals surface area contributed by atoms with Gasteiger partial charge in [-0.25, -0.2) is 0 Å². The van der Waals surface area contributed by atoms with Gasteiger partial charge in [-0.15, -0.1) is 0 Å². The number of pyridine rings is 1. The molecule has 0 aliphatic carbocycles. The van der Waals surface area contributed by atoms with Crippen molar-refractivity contribution >= 4 is 17.0 Å². The maximum Gasteiger partial charge on any atom is 0.0707 e. The predicted molar refractivity (Wildman–Crippen MR) is 69.0 cm³/mol. The van der Waals surface area contributed by atoms with E-state index in [9.17, 15) is 0 Å². The second-order valence-electron chi connectivity index (χ2n) is 4.09. The highest BCUT2D eigenvalue weighted by atomic mass is 14.6. The third-order valence-corrected chi connectivity index (χ3v) is 2.78. The number of nitrogens with zero attached hydrogens (tertiary/aromatic N) is 1. The molecular formula is C14H16N2. The van der Waals surface area contributed by atoms with Gasteiger partial charge in [-0.05, 0) is 31.5 Å². The summed E-state index contributed by atoms with van der Waals surface area (Å²) in [5.74, 6) is 0. The first kappa shape index (κ1) is 10.8. The van der Waals surface area contributed by atoms with Crippen LogP contribution >= 0.6 is 0 Å². The minimum Gasteiger partial charge on any atom is -0.324 e. The van der Waals surface area contributed by atoms with Crippen molar-refractivity contribution in [3.63, 3.8) is 0 Å². The summed E-state index contributed by atoms with van der Waals surface area (Å²) >= 11 is 0. The van der Waals surface area contributed by atoms with E-state index in [1.165, 1.54) is 16.5 Å². The van der Waals surface area contributed by atoms with Gasteiger partial charge in [0.1, 0.15) is 0 Å². The largest absolute Gasteiger partial charge is 0.324 e. The summed E-state index contributed by atoms with van der Waals surface area (Å²) in [6, 6.07) is 10.3. The van der Waals surface area contributed by atoms with Gasteiger partial charge in [0.05, 0.1) is 5.52 Å². The molecular weight excluding hydrogens is 196 g/mol. The van der Waals surface area contributed by atoms with Crippen LogP contribution in [-0.4, -0.2) is 11.0 Å². The highest BCUT2D eigenvalue weighted by molar-refractivity contribution is 5.87.